The average Bonchev–Trinajstić information content (AvgIpc) is 2.79. The molecule has 0 saturated heterocycles. The Hall–Kier alpha value is -2.18. The summed E-state index contributed by atoms with van der Waals surface area (Å²) in [6, 6.07) is 19.0. The number of carbonyl (C=O) groups excluding carboxylic acids is 1. The first-order valence-corrected chi connectivity index (χ1v) is 10.8. The number of rotatable bonds is 8. The van der Waals surface area contributed by atoms with Crippen LogP contribution in [0.1, 0.15) is 40.9 Å². The van der Waals surface area contributed by atoms with Crippen molar-refractivity contribution in [3.05, 3.63) is 94.8 Å². The Balaban J connectivity index is 0.00000289. The van der Waals surface area contributed by atoms with Gasteiger partial charge in [0.25, 0.3) is 0 Å². The number of aromatic nitrogens is 1. The van der Waals surface area contributed by atoms with E-state index in [0.717, 1.165) is 35.2 Å². The van der Waals surface area contributed by atoms with Gasteiger partial charge in [0.05, 0.1) is 18.6 Å². The van der Waals surface area contributed by atoms with Crippen molar-refractivity contribution in [1.82, 2.24) is 9.88 Å². The fourth-order valence-corrected chi connectivity index (χ4v) is 4.08. The minimum atomic E-state index is -1.07. The van der Waals surface area contributed by atoms with Crippen LogP contribution in [0.3, 0.4) is 0 Å². The van der Waals surface area contributed by atoms with Gasteiger partial charge in [-0.1, -0.05) is 49.4 Å². The van der Waals surface area contributed by atoms with Crippen LogP contribution < -0.4 is 39.4 Å². The molecular weight excluding hydrogens is 411 g/mol. The Morgan fingerprint density at radius 3 is 2.62 bits per heavy atom. The maximum absolute atomic E-state index is 12.1. The van der Waals surface area contributed by atoms with Crippen molar-refractivity contribution in [3.63, 3.8) is 0 Å². The second-order valence-electron chi connectivity index (χ2n) is 7.90. The molecule has 5 nitrogen and oxygen atoms in total. The van der Waals surface area contributed by atoms with Crippen molar-refractivity contribution in [2.45, 2.75) is 38.8 Å². The third-order valence-corrected chi connectivity index (χ3v) is 5.82. The Labute approximate surface area is 211 Å². The van der Waals surface area contributed by atoms with Crippen molar-refractivity contribution in [3.8, 4) is 5.75 Å². The minimum Gasteiger partial charge on any atom is -0.548 e. The molecule has 2 heterocycles. The van der Waals surface area contributed by atoms with Crippen molar-refractivity contribution in [2.24, 2.45) is 0 Å². The Kier molecular flexibility index (Phi) is 8.88. The third-order valence-electron chi connectivity index (χ3n) is 5.82. The molecular formula is C26H27N2NaO3. The number of aliphatic carboxylic acids is 1. The van der Waals surface area contributed by atoms with E-state index in [9.17, 15) is 9.90 Å². The van der Waals surface area contributed by atoms with Gasteiger partial charge in [0.2, 0.25) is 0 Å². The predicted octanol–water partition coefficient (Wildman–Crippen LogP) is 0.119. The second kappa shape index (κ2) is 11.6. The van der Waals surface area contributed by atoms with Gasteiger partial charge in [-0.15, -0.1) is 0 Å². The molecule has 2 aromatic carbocycles. The van der Waals surface area contributed by atoms with E-state index in [1.54, 1.807) is 0 Å². The molecule has 1 atom stereocenters. The number of hydrogen-bond donors (Lipinski definition) is 0. The van der Waals surface area contributed by atoms with Crippen LogP contribution in [-0.2, 0) is 30.6 Å². The minimum absolute atomic E-state index is 0. The first-order valence-electron chi connectivity index (χ1n) is 10.8. The molecule has 0 saturated carbocycles. The molecule has 160 valence electrons. The van der Waals surface area contributed by atoms with Gasteiger partial charge in [0, 0.05) is 31.4 Å². The molecule has 0 aliphatic carbocycles. The monoisotopic (exact) mass is 438 g/mol. The van der Waals surface area contributed by atoms with Gasteiger partial charge >= 0.3 is 29.6 Å². The number of carboxylic acids is 1. The molecule has 3 aromatic rings. The standard InChI is InChI=1S/C26H28N2O3.Na/c1-2-19-8-10-22(27-17-19)13-15-31-23-11-9-21-12-14-28(18-20-6-4-3-5-7-20)25(26(29)30)24(21)16-23;/h3-11,16-17,25H,2,12-15,18H2,1H3,(H,29,30);/q;+1/p-1. The normalized spacial score (nSPS) is 15.5. The molecule has 1 unspecified atom stereocenters. The zero-order chi connectivity index (χ0) is 21.6. The van der Waals surface area contributed by atoms with E-state index in [4.69, 9.17) is 4.74 Å². The Morgan fingerprint density at radius 1 is 1.12 bits per heavy atom. The van der Waals surface area contributed by atoms with Crippen LogP contribution in [0.2, 0.25) is 0 Å². The summed E-state index contributed by atoms with van der Waals surface area (Å²) in [5.74, 6) is -0.397. The van der Waals surface area contributed by atoms with E-state index in [0.29, 0.717) is 31.9 Å². The van der Waals surface area contributed by atoms with Gasteiger partial charge in [0.15, 0.2) is 0 Å². The van der Waals surface area contributed by atoms with Crippen LogP contribution in [0.15, 0.2) is 66.9 Å². The molecule has 1 aromatic heterocycles. The van der Waals surface area contributed by atoms with Crippen LogP contribution in [0.5, 0.6) is 5.75 Å². The number of nitrogens with zero attached hydrogens (tertiary/aromatic N) is 2. The maximum atomic E-state index is 12.1. The van der Waals surface area contributed by atoms with E-state index < -0.39 is 12.0 Å². The fraction of sp³-hybridized carbons (Fsp3) is 0.308. The summed E-state index contributed by atoms with van der Waals surface area (Å²) in [5, 5.41) is 12.1. The summed E-state index contributed by atoms with van der Waals surface area (Å²) in [6.45, 7) is 3.85. The van der Waals surface area contributed by atoms with Crippen molar-refractivity contribution < 1.29 is 44.2 Å². The molecule has 4 rings (SSSR count). The number of hydrogen-bond acceptors (Lipinski definition) is 5. The van der Waals surface area contributed by atoms with Crippen LogP contribution in [0, 0.1) is 0 Å². The smallest absolute Gasteiger partial charge is 0.548 e. The number of pyridine rings is 1. The zero-order valence-corrected chi connectivity index (χ0v) is 20.8. The molecule has 0 amide bonds. The molecule has 1 aliphatic rings. The van der Waals surface area contributed by atoms with Gasteiger partial charge in [-0.25, -0.2) is 0 Å². The van der Waals surface area contributed by atoms with Gasteiger partial charge < -0.3 is 14.6 Å². The fourth-order valence-electron chi connectivity index (χ4n) is 4.08. The van der Waals surface area contributed by atoms with E-state index >= 15 is 0 Å². The second-order valence-corrected chi connectivity index (χ2v) is 7.90. The zero-order valence-electron chi connectivity index (χ0n) is 18.8. The third kappa shape index (κ3) is 5.99. The number of ether oxygens (including phenoxy) is 1. The van der Waals surface area contributed by atoms with Gasteiger partial charge in [-0.05, 0) is 53.3 Å². The SMILES string of the molecule is CCc1ccc(CCOc2ccc3c(c2)C(C(=O)[O-])N(Cc2ccccc2)CC3)nc1.[Na+]. The summed E-state index contributed by atoms with van der Waals surface area (Å²) in [6.07, 6.45) is 4.38. The quantitative estimate of drug-likeness (QED) is 0.468. The molecule has 0 fully saturated rings. The van der Waals surface area contributed by atoms with Crippen LogP contribution >= 0.6 is 0 Å². The molecule has 0 bridgehead atoms. The Bertz CT molecular complexity index is 1030. The molecule has 6 heteroatoms. The van der Waals surface area contributed by atoms with E-state index in [2.05, 4.69) is 18.0 Å². The van der Waals surface area contributed by atoms with Gasteiger partial charge in [0.1, 0.15) is 5.75 Å². The average molecular weight is 439 g/mol. The summed E-state index contributed by atoms with van der Waals surface area (Å²) in [7, 11) is 0. The maximum Gasteiger partial charge on any atom is 1.00 e. The largest absolute Gasteiger partial charge is 1.00 e. The predicted molar refractivity (Wildman–Crippen MR) is 118 cm³/mol. The van der Waals surface area contributed by atoms with Crippen LogP contribution in [0.25, 0.3) is 0 Å². The molecule has 32 heavy (non-hydrogen) atoms. The van der Waals surface area contributed by atoms with E-state index in [-0.39, 0.29) is 29.6 Å². The number of carbonyl (C=O) groups is 1. The summed E-state index contributed by atoms with van der Waals surface area (Å²) >= 11 is 0. The molecule has 1 aliphatic heterocycles. The molecule has 0 spiro atoms. The van der Waals surface area contributed by atoms with E-state index in [1.165, 1.54) is 5.56 Å². The van der Waals surface area contributed by atoms with Gasteiger partial charge in [-0.2, -0.15) is 0 Å². The molecule has 0 radical (unpaired) electrons. The number of benzene rings is 2. The van der Waals surface area contributed by atoms with E-state index in [1.807, 2.05) is 65.7 Å². The van der Waals surface area contributed by atoms with Crippen LogP contribution in [-0.4, -0.2) is 29.0 Å². The van der Waals surface area contributed by atoms with Crippen molar-refractivity contribution >= 4 is 5.97 Å². The first-order chi connectivity index (χ1) is 15.1. The Morgan fingerprint density at radius 2 is 1.94 bits per heavy atom. The number of aryl methyl sites for hydroxylation is 1. The summed E-state index contributed by atoms with van der Waals surface area (Å²) in [5.41, 5.74) is 5.10. The topological polar surface area (TPSA) is 65.5 Å². The van der Waals surface area contributed by atoms with Gasteiger partial charge in [-0.3, -0.25) is 9.88 Å². The summed E-state index contributed by atoms with van der Waals surface area (Å²) < 4.78 is 5.94. The number of fused-ring (bicyclic) bond motifs is 1. The number of carboxylic acid groups (broad SMARTS) is 1. The van der Waals surface area contributed by atoms with Crippen molar-refractivity contribution in [2.75, 3.05) is 13.2 Å². The molecule has 0 N–H and O–H groups in total. The first kappa shape index (κ1) is 24.5. The van der Waals surface area contributed by atoms with Crippen LogP contribution in [0.4, 0.5) is 0 Å². The summed E-state index contributed by atoms with van der Waals surface area (Å²) in [4.78, 5) is 18.5. The van der Waals surface area contributed by atoms with Crippen molar-refractivity contribution in [1.29, 1.82) is 0 Å².